The lowest BCUT2D eigenvalue weighted by Gasteiger charge is -2.35. The number of rotatable bonds is 3. The molecule has 1 aliphatic rings. The van der Waals surface area contributed by atoms with Gasteiger partial charge in [0.1, 0.15) is 0 Å². The highest BCUT2D eigenvalue weighted by molar-refractivity contribution is 5.82. The molecule has 4 nitrogen and oxygen atoms in total. The van der Waals surface area contributed by atoms with E-state index in [0.717, 1.165) is 5.57 Å². The molecule has 0 spiro atoms. The number of carbonyl (C=O) groups excluding carboxylic acids is 1. The van der Waals surface area contributed by atoms with Gasteiger partial charge in [-0.1, -0.05) is 12.2 Å². The van der Waals surface area contributed by atoms with Gasteiger partial charge in [0.2, 0.25) is 0 Å². The molecule has 0 amide bonds. The number of nitrogens with zero attached hydrogens (tertiary/aromatic N) is 1. The van der Waals surface area contributed by atoms with Gasteiger partial charge in [-0.15, -0.1) is 0 Å². The van der Waals surface area contributed by atoms with E-state index in [4.69, 9.17) is 4.74 Å². The lowest BCUT2D eigenvalue weighted by molar-refractivity contribution is -0.184. The molecule has 0 saturated heterocycles. The van der Waals surface area contributed by atoms with Crippen molar-refractivity contribution in [1.82, 2.24) is 5.06 Å². The van der Waals surface area contributed by atoms with E-state index >= 15 is 0 Å². The maximum absolute atomic E-state index is 11.2. The zero-order valence-electron chi connectivity index (χ0n) is 11.2. The first kappa shape index (κ1) is 13.9. The van der Waals surface area contributed by atoms with Crippen molar-refractivity contribution in [2.75, 3.05) is 6.61 Å². The second kappa shape index (κ2) is 4.63. The van der Waals surface area contributed by atoms with E-state index in [9.17, 15) is 10.0 Å². The molecule has 1 N–H and O–H groups in total. The molecule has 0 bridgehead atoms. The molecule has 1 aliphatic heterocycles. The Kier molecular flexibility index (Phi) is 3.79. The van der Waals surface area contributed by atoms with E-state index in [2.05, 4.69) is 0 Å². The summed E-state index contributed by atoms with van der Waals surface area (Å²) < 4.78 is 4.82. The van der Waals surface area contributed by atoms with E-state index in [-0.39, 0.29) is 5.97 Å². The topological polar surface area (TPSA) is 49.8 Å². The zero-order chi connectivity index (χ0) is 13.3. The second-order valence-electron chi connectivity index (χ2n) is 5.21. The number of carbonyl (C=O) groups is 1. The molecule has 96 valence electrons. The van der Waals surface area contributed by atoms with Crippen molar-refractivity contribution in [2.45, 2.75) is 45.7 Å². The summed E-state index contributed by atoms with van der Waals surface area (Å²) >= 11 is 0. The fourth-order valence-corrected chi connectivity index (χ4v) is 2.06. The summed E-state index contributed by atoms with van der Waals surface area (Å²) in [6, 6.07) is 0. The monoisotopic (exact) mass is 239 g/mol. The van der Waals surface area contributed by atoms with Gasteiger partial charge in [0.15, 0.2) is 0 Å². The van der Waals surface area contributed by atoms with Gasteiger partial charge in [-0.2, -0.15) is 5.06 Å². The number of esters is 1. The van der Waals surface area contributed by atoms with Gasteiger partial charge >= 0.3 is 5.97 Å². The fourth-order valence-electron chi connectivity index (χ4n) is 2.06. The maximum atomic E-state index is 11.2. The first-order valence-electron chi connectivity index (χ1n) is 5.79. The lowest BCUT2D eigenvalue weighted by Crippen LogP contribution is -2.47. The van der Waals surface area contributed by atoms with Crippen molar-refractivity contribution in [3.8, 4) is 0 Å². The first-order chi connectivity index (χ1) is 7.71. The SMILES string of the molecule is CCOC(=O)/C=C/C1=CC(C)(C)N(O)C1(C)C. The number of hydroxylamine groups is 2. The van der Waals surface area contributed by atoms with Crippen molar-refractivity contribution in [3.05, 3.63) is 23.8 Å². The Morgan fingerprint density at radius 2 is 2.06 bits per heavy atom. The van der Waals surface area contributed by atoms with Crippen LogP contribution in [0.3, 0.4) is 0 Å². The van der Waals surface area contributed by atoms with Crippen LogP contribution in [0.1, 0.15) is 34.6 Å². The second-order valence-corrected chi connectivity index (χ2v) is 5.21. The summed E-state index contributed by atoms with van der Waals surface area (Å²) in [4.78, 5) is 11.2. The highest BCUT2D eigenvalue weighted by Crippen LogP contribution is 2.38. The van der Waals surface area contributed by atoms with Crippen LogP contribution in [-0.2, 0) is 9.53 Å². The average Bonchev–Trinajstić information content (AvgIpc) is 2.37. The Morgan fingerprint density at radius 1 is 1.47 bits per heavy atom. The fraction of sp³-hybridized carbons (Fsp3) is 0.615. The third kappa shape index (κ3) is 2.76. The van der Waals surface area contributed by atoms with Gasteiger partial charge in [0, 0.05) is 6.08 Å². The smallest absolute Gasteiger partial charge is 0.330 e. The summed E-state index contributed by atoms with van der Waals surface area (Å²) in [6.45, 7) is 9.78. The van der Waals surface area contributed by atoms with Gasteiger partial charge in [0.25, 0.3) is 0 Å². The van der Waals surface area contributed by atoms with Crippen LogP contribution in [0.5, 0.6) is 0 Å². The van der Waals surface area contributed by atoms with E-state index in [1.165, 1.54) is 11.1 Å². The minimum absolute atomic E-state index is 0.363. The van der Waals surface area contributed by atoms with Gasteiger partial charge in [-0.25, -0.2) is 4.79 Å². The molecule has 0 fully saturated rings. The standard InChI is InChI=1S/C13H21NO3/c1-6-17-11(15)8-7-10-9-12(2,3)14(16)13(10,4)5/h7-9,16H,6H2,1-5H3/b8-7+. The van der Waals surface area contributed by atoms with Crippen LogP contribution in [0.2, 0.25) is 0 Å². The van der Waals surface area contributed by atoms with Gasteiger partial charge < -0.3 is 9.94 Å². The molecule has 17 heavy (non-hydrogen) atoms. The quantitative estimate of drug-likeness (QED) is 0.606. The van der Waals surface area contributed by atoms with E-state index in [1.807, 2.05) is 33.8 Å². The molecule has 0 aliphatic carbocycles. The Labute approximate surface area is 103 Å². The van der Waals surface area contributed by atoms with Crippen LogP contribution in [0, 0.1) is 0 Å². The summed E-state index contributed by atoms with van der Waals surface area (Å²) in [5.41, 5.74) is -0.0392. The average molecular weight is 239 g/mol. The van der Waals surface area contributed by atoms with Crippen LogP contribution in [-0.4, -0.2) is 33.9 Å². The summed E-state index contributed by atoms with van der Waals surface area (Å²) in [5, 5.41) is 11.4. The van der Waals surface area contributed by atoms with Crippen LogP contribution < -0.4 is 0 Å². The molecule has 0 atom stereocenters. The van der Waals surface area contributed by atoms with Crippen LogP contribution in [0.4, 0.5) is 0 Å². The van der Waals surface area contributed by atoms with Crippen molar-refractivity contribution in [2.24, 2.45) is 0 Å². The van der Waals surface area contributed by atoms with Crippen LogP contribution >= 0.6 is 0 Å². The predicted molar refractivity (Wildman–Crippen MR) is 65.6 cm³/mol. The van der Waals surface area contributed by atoms with Crippen molar-refractivity contribution in [3.63, 3.8) is 0 Å². The number of hydrogen-bond donors (Lipinski definition) is 1. The third-order valence-electron chi connectivity index (χ3n) is 2.98. The molecular formula is C13H21NO3. The minimum Gasteiger partial charge on any atom is -0.463 e. The van der Waals surface area contributed by atoms with Crippen molar-refractivity contribution in [1.29, 1.82) is 0 Å². The zero-order valence-corrected chi connectivity index (χ0v) is 11.2. The Bertz CT molecular complexity index is 367. The molecule has 0 unspecified atom stereocenters. The summed E-state index contributed by atoms with van der Waals surface area (Å²) in [5.74, 6) is -0.363. The number of hydrogen-bond acceptors (Lipinski definition) is 4. The molecule has 0 saturated carbocycles. The van der Waals surface area contributed by atoms with Gasteiger partial charge in [0.05, 0.1) is 17.7 Å². The summed E-state index contributed by atoms with van der Waals surface area (Å²) in [6.07, 6.45) is 5.05. The van der Waals surface area contributed by atoms with Crippen LogP contribution in [0.15, 0.2) is 23.8 Å². The van der Waals surface area contributed by atoms with Crippen molar-refractivity contribution < 1.29 is 14.7 Å². The summed E-state index contributed by atoms with van der Waals surface area (Å²) in [7, 11) is 0. The molecule has 1 rings (SSSR count). The predicted octanol–water partition coefficient (Wildman–Crippen LogP) is 2.29. The molecule has 0 aromatic rings. The van der Waals surface area contributed by atoms with Gasteiger partial charge in [-0.3, -0.25) is 0 Å². The van der Waals surface area contributed by atoms with Gasteiger partial charge in [-0.05, 0) is 40.2 Å². The molecular weight excluding hydrogens is 218 g/mol. The highest BCUT2D eigenvalue weighted by atomic mass is 16.5. The Balaban J connectivity index is 2.88. The van der Waals surface area contributed by atoms with E-state index in [1.54, 1.807) is 13.0 Å². The molecule has 1 heterocycles. The Morgan fingerprint density at radius 3 is 2.47 bits per heavy atom. The normalized spacial score (nSPS) is 22.8. The largest absolute Gasteiger partial charge is 0.463 e. The van der Waals surface area contributed by atoms with Crippen LogP contribution in [0.25, 0.3) is 0 Å². The molecule has 4 heteroatoms. The lowest BCUT2D eigenvalue weighted by atomic mass is 9.96. The number of ether oxygens (including phenoxy) is 1. The highest BCUT2D eigenvalue weighted by Gasteiger charge is 2.44. The third-order valence-corrected chi connectivity index (χ3v) is 2.98. The minimum atomic E-state index is -0.507. The first-order valence-corrected chi connectivity index (χ1v) is 5.79. The maximum Gasteiger partial charge on any atom is 0.330 e. The molecule has 0 aromatic heterocycles. The molecule has 0 radical (unpaired) electrons. The van der Waals surface area contributed by atoms with E-state index in [0.29, 0.717) is 6.61 Å². The Hall–Kier alpha value is -1.13. The molecule has 0 aromatic carbocycles. The van der Waals surface area contributed by atoms with E-state index < -0.39 is 11.1 Å². The van der Waals surface area contributed by atoms with Crippen molar-refractivity contribution >= 4 is 5.97 Å².